The van der Waals surface area contributed by atoms with Crippen molar-refractivity contribution < 1.29 is 21.8 Å². The molecule has 0 aromatic heterocycles. The van der Waals surface area contributed by atoms with Gasteiger partial charge in [-0.25, -0.2) is 0 Å². The van der Waals surface area contributed by atoms with Crippen LogP contribution >= 0.6 is 7.26 Å². The lowest BCUT2D eigenvalue weighted by Crippen LogP contribution is -3.00. The summed E-state index contributed by atoms with van der Waals surface area (Å²) in [5, 5.41) is 7.02. The van der Waals surface area contributed by atoms with Crippen LogP contribution < -0.4 is 38.2 Å². The van der Waals surface area contributed by atoms with Crippen LogP contribution in [0.3, 0.4) is 0 Å². The molecule has 0 heterocycles. The molecular weight excluding hydrogens is 489 g/mol. The smallest absolute Gasteiger partial charge is 0.250 e. The molecule has 0 saturated heterocycles. The highest BCUT2D eigenvalue weighted by atomic mass is 79.9. The highest BCUT2D eigenvalue weighted by Crippen LogP contribution is 2.58. The Morgan fingerprint density at radius 2 is 1.09 bits per heavy atom. The standard InChI is InChI=1S/C29H26NOP.BrH/c1-23(2)29(31)30-28-21-13-12-14-24(28)22-32(25-15-6-3-7-16-25,26-17-8-4-9-18-26)27-19-10-5-11-20-27;/h3-21H,1,22H2,2H3;1H. The number of benzene rings is 4. The van der Waals surface area contributed by atoms with E-state index in [2.05, 4.69) is 109 Å². The van der Waals surface area contributed by atoms with Crippen molar-refractivity contribution in [1.29, 1.82) is 0 Å². The summed E-state index contributed by atoms with van der Waals surface area (Å²) >= 11 is 0. The fourth-order valence-corrected chi connectivity index (χ4v) is 8.31. The molecule has 4 aromatic rings. The van der Waals surface area contributed by atoms with E-state index in [4.69, 9.17) is 0 Å². The number of halogens is 1. The molecule has 166 valence electrons. The molecule has 1 amide bonds. The fourth-order valence-electron chi connectivity index (χ4n) is 4.03. The Morgan fingerprint density at radius 1 is 0.697 bits per heavy atom. The number of rotatable bonds is 7. The predicted octanol–water partition coefficient (Wildman–Crippen LogP) is 2.70. The lowest BCUT2D eigenvalue weighted by Gasteiger charge is -2.28. The Labute approximate surface area is 207 Å². The van der Waals surface area contributed by atoms with Crippen molar-refractivity contribution in [3.63, 3.8) is 0 Å². The fraction of sp³-hybridized carbons (Fsp3) is 0.0690. The zero-order chi connectivity index (χ0) is 22.4. The molecule has 0 saturated carbocycles. The summed E-state index contributed by atoms with van der Waals surface area (Å²) in [6.45, 7) is 5.52. The Balaban J connectivity index is 0.00000306. The van der Waals surface area contributed by atoms with Crippen molar-refractivity contribution in [2.24, 2.45) is 0 Å². The molecule has 0 fully saturated rings. The van der Waals surface area contributed by atoms with Gasteiger partial charge in [-0.05, 0) is 49.4 Å². The molecule has 0 aliphatic heterocycles. The van der Waals surface area contributed by atoms with Gasteiger partial charge in [0.1, 0.15) is 29.3 Å². The molecule has 1 N–H and O–H groups in total. The van der Waals surface area contributed by atoms with Crippen LogP contribution in [0.2, 0.25) is 0 Å². The van der Waals surface area contributed by atoms with E-state index >= 15 is 0 Å². The number of carbonyl (C=O) groups is 1. The van der Waals surface area contributed by atoms with E-state index < -0.39 is 7.26 Å². The molecule has 4 aromatic carbocycles. The van der Waals surface area contributed by atoms with Crippen molar-refractivity contribution in [2.75, 3.05) is 5.32 Å². The second-order valence-corrected chi connectivity index (χ2v) is 11.4. The summed E-state index contributed by atoms with van der Waals surface area (Å²) < 4.78 is 0. The molecule has 0 spiro atoms. The van der Waals surface area contributed by atoms with Gasteiger partial charge >= 0.3 is 0 Å². The number of amides is 1. The second kappa shape index (κ2) is 11.2. The van der Waals surface area contributed by atoms with Gasteiger partial charge in [-0.1, -0.05) is 79.4 Å². The molecule has 0 atom stereocenters. The van der Waals surface area contributed by atoms with E-state index in [0.29, 0.717) is 5.57 Å². The third-order valence-corrected chi connectivity index (χ3v) is 10.0. The van der Waals surface area contributed by atoms with E-state index in [9.17, 15) is 4.79 Å². The van der Waals surface area contributed by atoms with Crippen LogP contribution in [-0.4, -0.2) is 5.91 Å². The molecule has 33 heavy (non-hydrogen) atoms. The van der Waals surface area contributed by atoms with Gasteiger partial charge < -0.3 is 22.3 Å². The molecule has 0 aliphatic carbocycles. The second-order valence-electron chi connectivity index (χ2n) is 7.87. The van der Waals surface area contributed by atoms with Crippen LogP contribution in [0.15, 0.2) is 127 Å². The zero-order valence-electron chi connectivity index (χ0n) is 18.6. The maximum absolute atomic E-state index is 12.4. The Morgan fingerprint density at radius 3 is 1.52 bits per heavy atom. The minimum atomic E-state index is -2.04. The SMILES string of the molecule is C=C(C)C(=O)Nc1ccccc1C[P+](c1ccccc1)(c1ccccc1)c1ccccc1.[Br-]. The summed E-state index contributed by atoms with van der Waals surface area (Å²) in [5.41, 5.74) is 2.45. The largest absolute Gasteiger partial charge is 1.00 e. The first-order valence-corrected chi connectivity index (χ1v) is 12.7. The summed E-state index contributed by atoms with van der Waals surface area (Å²) in [4.78, 5) is 12.4. The number of hydrogen-bond acceptors (Lipinski definition) is 1. The number of anilines is 1. The molecular formula is C29H27BrNOP. The van der Waals surface area contributed by atoms with Crippen LogP contribution in [0.4, 0.5) is 5.69 Å². The third kappa shape index (κ3) is 5.33. The average Bonchev–Trinajstić information content (AvgIpc) is 2.85. The van der Waals surface area contributed by atoms with E-state index in [1.807, 2.05) is 18.2 Å². The van der Waals surface area contributed by atoms with Gasteiger partial charge in [-0.3, -0.25) is 4.79 Å². The first-order valence-electron chi connectivity index (χ1n) is 10.7. The van der Waals surface area contributed by atoms with Crippen molar-refractivity contribution in [3.8, 4) is 0 Å². The summed E-state index contributed by atoms with van der Waals surface area (Å²) in [6, 6.07) is 40.4. The molecule has 0 radical (unpaired) electrons. The minimum absolute atomic E-state index is 0. The topological polar surface area (TPSA) is 29.1 Å². The lowest BCUT2D eigenvalue weighted by atomic mass is 10.2. The maximum Gasteiger partial charge on any atom is 0.250 e. The number of carbonyl (C=O) groups excluding carboxylic acids is 1. The maximum atomic E-state index is 12.4. The first kappa shape index (κ1) is 24.6. The van der Waals surface area contributed by atoms with Crippen molar-refractivity contribution >= 4 is 34.8 Å². The Bertz CT molecular complexity index is 1110. The van der Waals surface area contributed by atoms with Gasteiger partial charge in [-0.15, -0.1) is 0 Å². The van der Waals surface area contributed by atoms with Gasteiger partial charge in [-0.2, -0.15) is 0 Å². The Hall–Kier alpha value is -3.00. The van der Waals surface area contributed by atoms with Gasteiger partial charge in [0.15, 0.2) is 0 Å². The molecule has 2 nitrogen and oxygen atoms in total. The van der Waals surface area contributed by atoms with Gasteiger partial charge in [0.25, 0.3) is 5.91 Å². The molecule has 4 heteroatoms. The average molecular weight is 516 g/mol. The van der Waals surface area contributed by atoms with E-state index in [-0.39, 0.29) is 22.9 Å². The molecule has 0 unspecified atom stereocenters. The van der Waals surface area contributed by atoms with E-state index in [0.717, 1.165) is 17.4 Å². The zero-order valence-corrected chi connectivity index (χ0v) is 21.1. The highest BCUT2D eigenvalue weighted by Gasteiger charge is 2.45. The molecule has 0 aliphatic rings. The number of para-hydroxylation sites is 1. The minimum Gasteiger partial charge on any atom is -1.00 e. The summed E-state index contributed by atoms with van der Waals surface area (Å²) in [7, 11) is -2.04. The Kier molecular flexibility index (Phi) is 8.38. The van der Waals surface area contributed by atoms with Crippen molar-refractivity contribution in [1.82, 2.24) is 0 Å². The van der Waals surface area contributed by atoms with Gasteiger partial charge in [0, 0.05) is 16.8 Å². The first-order chi connectivity index (χ1) is 15.6. The van der Waals surface area contributed by atoms with Crippen molar-refractivity contribution in [2.45, 2.75) is 13.1 Å². The predicted molar refractivity (Wildman–Crippen MR) is 139 cm³/mol. The van der Waals surface area contributed by atoms with Crippen molar-refractivity contribution in [3.05, 3.63) is 133 Å². The lowest BCUT2D eigenvalue weighted by molar-refractivity contribution is -0.112. The highest BCUT2D eigenvalue weighted by molar-refractivity contribution is 7.95. The van der Waals surface area contributed by atoms with Crippen LogP contribution in [0.1, 0.15) is 12.5 Å². The van der Waals surface area contributed by atoms with Crippen LogP contribution in [0, 0.1) is 0 Å². The van der Waals surface area contributed by atoms with Crippen LogP contribution in [-0.2, 0) is 11.0 Å². The summed E-state index contributed by atoms with van der Waals surface area (Å²) in [6.07, 6.45) is 0.803. The van der Waals surface area contributed by atoms with Crippen LogP contribution in [0.5, 0.6) is 0 Å². The van der Waals surface area contributed by atoms with E-state index in [1.54, 1.807) is 6.92 Å². The monoisotopic (exact) mass is 515 g/mol. The third-order valence-electron chi connectivity index (χ3n) is 5.65. The van der Waals surface area contributed by atoms with Crippen LogP contribution in [0.25, 0.3) is 0 Å². The van der Waals surface area contributed by atoms with Gasteiger partial charge in [0.05, 0.1) is 0 Å². The number of nitrogens with one attached hydrogen (secondary N) is 1. The summed E-state index contributed by atoms with van der Waals surface area (Å²) in [5.74, 6) is -0.152. The molecule has 4 rings (SSSR count). The quantitative estimate of drug-likeness (QED) is 0.297. The normalized spacial score (nSPS) is 10.7. The molecule has 0 bridgehead atoms. The van der Waals surface area contributed by atoms with E-state index in [1.165, 1.54) is 15.9 Å². The number of hydrogen-bond donors (Lipinski definition) is 1. The van der Waals surface area contributed by atoms with Gasteiger partial charge in [0.2, 0.25) is 0 Å².